The van der Waals surface area contributed by atoms with Gasteiger partial charge in [0.05, 0.1) is 4.92 Å². The molecular weight excluding hydrogens is 346 g/mol. The fourth-order valence-corrected chi connectivity index (χ4v) is 2.44. The van der Waals surface area contributed by atoms with E-state index in [0.29, 0.717) is 6.54 Å². The van der Waals surface area contributed by atoms with E-state index in [1.54, 1.807) is 0 Å². The van der Waals surface area contributed by atoms with Gasteiger partial charge >= 0.3 is 0 Å². The molecule has 1 aromatic carbocycles. The topological polar surface area (TPSA) is 101 Å². The lowest BCUT2D eigenvalue weighted by molar-refractivity contribution is -0.384. The van der Waals surface area contributed by atoms with Gasteiger partial charge in [-0.2, -0.15) is 0 Å². The average molecular weight is 370 g/mol. The second-order valence-electron chi connectivity index (χ2n) is 6.12. The Labute approximate surface area is 152 Å². The molecule has 2 amide bonds. The van der Waals surface area contributed by atoms with Gasteiger partial charge in [0.25, 0.3) is 11.6 Å². The van der Waals surface area contributed by atoms with E-state index in [1.165, 1.54) is 12.1 Å². The number of nitrogens with zero attached hydrogens (tertiary/aromatic N) is 1. The minimum atomic E-state index is -0.719. The fourth-order valence-electron chi connectivity index (χ4n) is 2.25. The van der Waals surface area contributed by atoms with Crippen molar-refractivity contribution in [2.45, 2.75) is 46.1 Å². The summed E-state index contributed by atoms with van der Waals surface area (Å²) in [6.45, 7) is 6.27. The van der Waals surface area contributed by atoms with Gasteiger partial charge in [-0.25, -0.2) is 0 Å². The number of nitro benzene ring substituents is 1. The van der Waals surface area contributed by atoms with Crippen LogP contribution in [0.3, 0.4) is 0 Å². The predicted molar refractivity (Wildman–Crippen MR) is 96.7 cm³/mol. The Morgan fingerprint density at radius 3 is 2.52 bits per heavy atom. The van der Waals surface area contributed by atoms with Crippen LogP contribution in [0.1, 0.15) is 50.4 Å². The van der Waals surface area contributed by atoms with Crippen molar-refractivity contribution in [3.63, 3.8) is 0 Å². The SMILES string of the molecule is CCCCCNC(=O)C(NC(=O)c1ccc(Cl)c([N+](=O)[O-])c1)C(C)C. The summed E-state index contributed by atoms with van der Waals surface area (Å²) in [5.41, 5.74) is -0.264. The molecule has 0 saturated heterocycles. The number of nitro groups is 1. The number of halogens is 1. The summed E-state index contributed by atoms with van der Waals surface area (Å²) in [5.74, 6) is -0.942. The average Bonchev–Trinajstić information content (AvgIpc) is 2.56. The largest absolute Gasteiger partial charge is 0.354 e. The molecule has 0 saturated carbocycles. The van der Waals surface area contributed by atoms with Gasteiger partial charge in [0.2, 0.25) is 5.91 Å². The summed E-state index contributed by atoms with van der Waals surface area (Å²) in [5, 5.41) is 16.3. The van der Waals surface area contributed by atoms with Crippen molar-refractivity contribution in [3.05, 3.63) is 38.9 Å². The molecule has 0 aliphatic rings. The van der Waals surface area contributed by atoms with E-state index >= 15 is 0 Å². The fraction of sp³-hybridized carbons (Fsp3) is 0.529. The summed E-state index contributed by atoms with van der Waals surface area (Å²) >= 11 is 5.75. The first kappa shape index (κ1) is 20.9. The molecule has 0 radical (unpaired) electrons. The van der Waals surface area contributed by atoms with Crippen molar-refractivity contribution in [1.82, 2.24) is 10.6 Å². The van der Waals surface area contributed by atoms with Gasteiger partial charge in [-0.05, 0) is 24.5 Å². The quantitative estimate of drug-likeness (QED) is 0.396. The number of benzene rings is 1. The highest BCUT2D eigenvalue weighted by molar-refractivity contribution is 6.32. The van der Waals surface area contributed by atoms with E-state index in [4.69, 9.17) is 11.6 Å². The molecule has 0 spiro atoms. The van der Waals surface area contributed by atoms with Crippen LogP contribution in [0, 0.1) is 16.0 Å². The van der Waals surface area contributed by atoms with Gasteiger partial charge in [-0.1, -0.05) is 45.2 Å². The molecule has 1 aromatic rings. The molecule has 25 heavy (non-hydrogen) atoms. The summed E-state index contributed by atoms with van der Waals surface area (Å²) in [6.07, 6.45) is 2.95. The maximum Gasteiger partial charge on any atom is 0.288 e. The number of hydrogen-bond donors (Lipinski definition) is 2. The molecule has 1 rings (SSSR count). The number of unbranched alkanes of at least 4 members (excludes halogenated alkanes) is 2. The van der Waals surface area contributed by atoms with Crippen molar-refractivity contribution >= 4 is 29.1 Å². The van der Waals surface area contributed by atoms with Gasteiger partial charge in [0.1, 0.15) is 11.1 Å². The Bertz CT molecular complexity index is 634. The molecule has 1 unspecified atom stereocenters. The maximum atomic E-state index is 12.4. The molecule has 0 aliphatic carbocycles. The van der Waals surface area contributed by atoms with E-state index < -0.39 is 16.9 Å². The minimum Gasteiger partial charge on any atom is -0.354 e. The van der Waals surface area contributed by atoms with Crippen LogP contribution >= 0.6 is 11.6 Å². The molecule has 1 atom stereocenters. The molecule has 138 valence electrons. The Morgan fingerprint density at radius 1 is 1.28 bits per heavy atom. The van der Waals surface area contributed by atoms with E-state index in [9.17, 15) is 19.7 Å². The van der Waals surface area contributed by atoms with Gasteiger partial charge in [0.15, 0.2) is 0 Å². The molecule has 8 heteroatoms. The molecule has 2 N–H and O–H groups in total. The molecule has 0 fully saturated rings. The molecule has 7 nitrogen and oxygen atoms in total. The normalized spacial score (nSPS) is 11.9. The highest BCUT2D eigenvalue weighted by atomic mass is 35.5. The first-order chi connectivity index (χ1) is 11.8. The minimum absolute atomic E-state index is 0.0457. The van der Waals surface area contributed by atoms with Gasteiger partial charge in [-0.15, -0.1) is 0 Å². The van der Waals surface area contributed by atoms with Crippen LogP contribution in [0.4, 0.5) is 5.69 Å². The van der Waals surface area contributed by atoms with Crippen molar-refractivity contribution < 1.29 is 14.5 Å². The van der Waals surface area contributed by atoms with E-state index in [1.807, 2.05) is 13.8 Å². The van der Waals surface area contributed by atoms with Crippen LogP contribution in [0.5, 0.6) is 0 Å². The number of hydrogen-bond acceptors (Lipinski definition) is 4. The molecule has 0 aromatic heterocycles. The zero-order valence-corrected chi connectivity index (χ0v) is 15.4. The standard InChI is InChI=1S/C17H24ClN3O4/c1-4-5-6-9-19-17(23)15(11(2)3)20-16(22)12-7-8-13(18)14(10-12)21(24)25/h7-8,10-11,15H,4-6,9H2,1-3H3,(H,19,23)(H,20,22). The van der Waals surface area contributed by atoms with Crippen LogP contribution in [0.2, 0.25) is 5.02 Å². The Balaban J connectivity index is 2.81. The van der Waals surface area contributed by atoms with Crippen LogP contribution in [0.15, 0.2) is 18.2 Å². The number of amides is 2. The van der Waals surface area contributed by atoms with Gasteiger partial charge in [0, 0.05) is 18.2 Å². The van der Waals surface area contributed by atoms with Crippen molar-refractivity contribution in [2.75, 3.05) is 6.54 Å². The lowest BCUT2D eigenvalue weighted by Gasteiger charge is -2.21. The van der Waals surface area contributed by atoms with E-state index in [-0.39, 0.29) is 28.1 Å². The highest BCUT2D eigenvalue weighted by Crippen LogP contribution is 2.25. The monoisotopic (exact) mass is 369 g/mol. The van der Waals surface area contributed by atoms with Crippen LogP contribution in [-0.2, 0) is 4.79 Å². The van der Waals surface area contributed by atoms with Crippen molar-refractivity contribution in [2.24, 2.45) is 5.92 Å². The Morgan fingerprint density at radius 2 is 1.96 bits per heavy atom. The third-order valence-electron chi connectivity index (χ3n) is 3.72. The zero-order valence-electron chi connectivity index (χ0n) is 14.7. The Hall–Kier alpha value is -2.15. The second kappa shape index (κ2) is 9.98. The zero-order chi connectivity index (χ0) is 19.0. The summed E-state index contributed by atoms with van der Waals surface area (Å²) < 4.78 is 0. The van der Waals surface area contributed by atoms with Crippen molar-refractivity contribution in [1.29, 1.82) is 0 Å². The van der Waals surface area contributed by atoms with Gasteiger partial charge < -0.3 is 10.6 Å². The molecular formula is C17H24ClN3O4. The van der Waals surface area contributed by atoms with E-state index in [2.05, 4.69) is 17.6 Å². The predicted octanol–water partition coefficient (Wildman–Crippen LogP) is 3.31. The smallest absolute Gasteiger partial charge is 0.288 e. The van der Waals surface area contributed by atoms with Crippen LogP contribution in [-0.4, -0.2) is 29.3 Å². The van der Waals surface area contributed by atoms with Crippen LogP contribution < -0.4 is 10.6 Å². The second-order valence-corrected chi connectivity index (χ2v) is 6.52. The van der Waals surface area contributed by atoms with Crippen LogP contribution in [0.25, 0.3) is 0 Å². The first-order valence-corrected chi connectivity index (χ1v) is 8.68. The number of carbonyl (C=O) groups is 2. The highest BCUT2D eigenvalue weighted by Gasteiger charge is 2.25. The third-order valence-corrected chi connectivity index (χ3v) is 4.04. The number of rotatable bonds is 9. The lowest BCUT2D eigenvalue weighted by atomic mass is 10.0. The molecule has 0 bridgehead atoms. The summed E-state index contributed by atoms with van der Waals surface area (Å²) in [7, 11) is 0. The summed E-state index contributed by atoms with van der Waals surface area (Å²) in [4.78, 5) is 34.9. The molecule has 0 heterocycles. The third kappa shape index (κ3) is 6.34. The summed E-state index contributed by atoms with van der Waals surface area (Å²) in [6, 6.07) is 3.07. The van der Waals surface area contributed by atoms with Gasteiger partial charge in [-0.3, -0.25) is 19.7 Å². The Kier molecular flexibility index (Phi) is 8.34. The lowest BCUT2D eigenvalue weighted by Crippen LogP contribution is -2.49. The van der Waals surface area contributed by atoms with E-state index in [0.717, 1.165) is 25.3 Å². The number of nitrogens with one attached hydrogen (secondary N) is 2. The number of carbonyl (C=O) groups excluding carboxylic acids is 2. The molecule has 0 aliphatic heterocycles. The maximum absolute atomic E-state index is 12.4. The van der Waals surface area contributed by atoms with Crippen molar-refractivity contribution in [3.8, 4) is 0 Å². The first-order valence-electron chi connectivity index (χ1n) is 8.30.